The SMILES string of the molecule is CCOc1ncnc(NC(C)C2CCOC2)c1C. The Morgan fingerprint density at radius 3 is 3.06 bits per heavy atom. The number of ether oxygens (including phenoxy) is 2. The van der Waals surface area contributed by atoms with Crippen LogP contribution in [0.3, 0.4) is 0 Å². The lowest BCUT2D eigenvalue weighted by Crippen LogP contribution is -2.27. The number of rotatable bonds is 5. The van der Waals surface area contributed by atoms with E-state index in [2.05, 4.69) is 22.2 Å². The Bertz CT molecular complexity index is 392. The van der Waals surface area contributed by atoms with Crippen molar-refractivity contribution in [3.05, 3.63) is 11.9 Å². The Labute approximate surface area is 108 Å². The van der Waals surface area contributed by atoms with E-state index in [1.165, 1.54) is 6.33 Å². The van der Waals surface area contributed by atoms with Crippen LogP contribution in [0.2, 0.25) is 0 Å². The van der Waals surface area contributed by atoms with Crippen molar-refractivity contribution in [2.45, 2.75) is 33.2 Å². The minimum atomic E-state index is 0.343. The summed E-state index contributed by atoms with van der Waals surface area (Å²) in [7, 11) is 0. The second-order valence-corrected chi connectivity index (χ2v) is 4.64. The topological polar surface area (TPSA) is 56.3 Å². The van der Waals surface area contributed by atoms with E-state index in [9.17, 15) is 0 Å². The third-order valence-electron chi connectivity index (χ3n) is 3.36. The summed E-state index contributed by atoms with van der Waals surface area (Å²) in [6.45, 7) is 8.41. The van der Waals surface area contributed by atoms with Crippen molar-refractivity contribution >= 4 is 5.82 Å². The minimum Gasteiger partial charge on any atom is -0.478 e. The number of aromatic nitrogens is 2. The summed E-state index contributed by atoms with van der Waals surface area (Å²) in [5.41, 5.74) is 0.963. The lowest BCUT2D eigenvalue weighted by atomic mass is 10.0. The Balaban J connectivity index is 2.06. The van der Waals surface area contributed by atoms with E-state index < -0.39 is 0 Å². The van der Waals surface area contributed by atoms with Gasteiger partial charge in [-0.25, -0.2) is 9.97 Å². The van der Waals surface area contributed by atoms with Gasteiger partial charge in [0.25, 0.3) is 0 Å². The first-order chi connectivity index (χ1) is 8.72. The van der Waals surface area contributed by atoms with Crippen LogP contribution < -0.4 is 10.1 Å². The second-order valence-electron chi connectivity index (χ2n) is 4.64. The van der Waals surface area contributed by atoms with Gasteiger partial charge in [-0.1, -0.05) is 0 Å². The molecule has 5 nitrogen and oxygen atoms in total. The van der Waals surface area contributed by atoms with Crippen LogP contribution in [0.4, 0.5) is 5.82 Å². The smallest absolute Gasteiger partial charge is 0.221 e. The van der Waals surface area contributed by atoms with Crippen LogP contribution in [0.1, 0.15) is 25.8 Å². The highest BCUT2D eigenvalue weighted by molar-refractivity contribution is 5.48. The molecule has 2 unspecified atom stereocenters. The molecule has 1 aliphatic heterocycles. The predicted molar refractivity (Wildman–Crippen MR) is 69.9 cm³/mol. The molecule has 0 aliphatic carbocycles. The maximum absolute atomic E-state index is 5.47. The second kappa shape index (κ2) is 6.00. The van der Waals surface area contributed by atoms with Gasteiger partial charge in [-0.05, 0) is 27.2 Å². The zero-order chi connectivity index (χ0) is 13.0. The molecule has 2 heterocycles. The first kappa shape index (κ1) is 13.1. The first-order valence-electron chi connectivity index (χ1n) is 6.51. The Morgan fingerprint density at radius 1 is 1.56 bits per heavy atom. The third-order valence-corrected chi connectivity index (χ3v) is 3.36. The van der Waals surface area contributed by atoms with Crippen molar-refractivity contribution in [2.75, 3.05) is 25.1 Å². The third kappa shape index (κ3) is 2.90. The van der Waals surface area contributed by atoms with Gasteiger partial charge in [-0.3, -0.25) is 0 Å². The van der Waals surface area contributed by atoms with Crippen LogP contribution in [0.15, 0.2) is 6.33 Å². The molecule has 0 saturated carbocycles. The van der Waals surface area contributed by atoms with Crippen LogP contribution in [-0.4, -0.2) is 35.8 Å². The Morgan fingerprint density at radius 2 is 2.39 bits per heavy atom. The summed E-state index contributed by atoms with van der Waals surface area (Å²) in [4.78, 5) is 8.42. The fraction of sp³-hybridized carbons (Fsp3) is 0.692. The lowest BCUT2D eigenvalue weighted by molar-refractivity contribution is 0.183. The molecule has 0 spiro atoms. The zero-order valence-electron chi connectivity index (χ0n) is 11.3. The summed E-state index contributed by atoms with van der Waals surface area (Å²) < 4.78 is 10.9. The average Bonchev–Trinajstić information content (AvgIpc) is 2.88. The molecular formula is C13H21N3O2. The molecule has 0 bridgehead atoms. The van der Waals surface area contributed by atoms with Crippen molar-refractivity contribution in [1.29, 1.82) is 0 Å². The van der Waals surface area contributed by atoms with Crippen LogP contribution in [-0.2, 0) is 4.74 Å². The summed E-state index contributed by atoms with van der Waals surface area (Å²) in [6, 6.07) is 0.343. The van der Waals surface area contributed by atoms with Crippen LogP contribution in [0.25, 0.3) is 0 Å². The molecule has 5 heteroatoms. The summed E-state index contributed by atoms with van der Waals surface area (Å²) in [5, 5.41) is 3.44. The maximum Gasteiger partial charge on any atom is 0.221 e. The largest absolute Gasteiger partial charge is 0.478 e. The van der Waals surface area contributed by atoms with Gasteiger partial charge >= 0.3 is 0 Å². The minimum absolute atomic E-state index is 0.343. The Kier molecular flexibility index (Phi) is 4.36. The fourth-order valence-electron chi connectivity index (χ4n) is 2.14. The number of anilines is 1. The summed E-state index contributed by atoms with van der Waals surface area (Å²) >= 11 is 0. The first-order valence-corrected chi connectivity index (χ1v) is 6.51. The molecule has 2 rings (SSSR count). The molecule has 0 amide bonds. The molecule has 1 aliphatic rings. The quantitative estimate of drug-likeness (QED) is 0.867. The zero-order valence-corrected chi connectivity index (χ0v) is 11.3. The lowest BCUT2D eigenvalue weighted by Gasteiger charge is -2.21. The highest BCUT2D eigenvalue weighted by Crippen LogP contribution is 2.24. The molecular weight excluding hydrogens is 230 g/mol. The molecule has 0 aromatic carbocycles. The van der Waals surface area contributed by atoms with Crippen LogP contribution in [0.5, 0.6) is 5.88 Å². The van der Waals surface area contributed by atoms with Gasteiger partial charge in [0.2, 0.25) is 5.88 Å². The number of hydrogen-bond donors (Lipinski definition) is 1. The van der Waals surface area contributed by atoms with E-state index in [-0.39, 0.29) is 0 Å². The highest BCUT2D eigenvalue weighted by atomic mass is 16.5. The van der Waals surface area contributed by atoms with Gasteiger partial charge in [-0.2, -0.15) is 0 Å². The molecule has 1 fully saturated rings. The number of nitrogens with one attached hydrogen (secondary N) is 1. The normalized spacial score (nSPS) is 20.7. The molecule has 18 heavy (non-hydrogen) atoms. The van der Waals surface area contributed by atoms with Gasteiger partial charge in [0.05, 0.1) is 18.8 Å². The van der Waals surface area contributed by atoms with Gasteiger partial charge in [0, 0.05) is 18.6 Å². The number of nitrogens with zero attached hydrogens (tertiary/aromatic N) is 2. The van der Waals surface area contributed by atoms with Crippen molar-refractivity contribution < 1.29 is 9.47 Å². The van der Waals surface area contributed by atoms with Gasteiger partial charge in [0.15, 0.2) is 0 Å². The monoisotopic (exact) mass is 251 g/mol. The van der Waals surface area contributed by atoms with Crippen LogP contribution >= 0.6 is 0 Å². The predicted octanol–water partition coefficient (Wildman–Crippen LogP) is 2.02. The van der Waals surface area contributed by atoms with Crippen LogP contribution in [0, 0.1) is 12.8 Å². The molecule has 1 aromatic heterocycles. The summed E-state index contributed by atoms with van der Waals surface area (Å²) in [6.07, 6.45) is 2.65. The fourth-order valence-corrected chi connectivity index (χ4v) is 2.14. The molecule has 1 N–H and O–H groups in total. The molecule has 1 aromatic rings. The highest BCUT2D eigenvalue weighted by Gasteiger charge is 2.23. The van der Waals surface area contributed by atoms with Gasteiger partial charge in [-0.15, -0.1) is 0 Å². The van der Waals surface area contributed by atoms with E-state index in [1.54, 1.807) is 0 Å². The van der Waals surface area contributed by atoms with E-state index in [0.29, 0.717) is 24.4 Å². The standard InChI is InChI=1S/C13H21N3O2/c1-4-18-13-9(2)12(14-8-15-13)16-10(3)11-5-6-17-7-11/h8,10-11H,4-7H2,1-3H3,(H,14,15,16). The van der Waals surface area contributed by atoms with E-state index in [4.69, 9.17) is 9.47 Å². The Hall–Kier alpha value is -1.36. The van der Waals surface area contributed by atoms with E-state index in [0.717, 1.165) is 31.0 Å². The molecule has 0 radical (unpaired) electrons. The van der Waals surface area contributed by atoms with Crippen molar-refractivity contribution in [3.8, 4) is 5.88 Å². The van der Waals surface area contributed by atoms with Gasteiger partial charge in [0.1, 0.15) is 12.1 Å². The van der Waals surface area contributed by atoms with Crippen molar-refractivity contribution in [2.24, 2.45) is 5.92 Å². The van der Waals surface area contributed by atoms with E-state index >= 15 is 0 Å². The van der Waals surface area contributed by atoms with Gasteiger partial charge < -0.3 is 14.8 Å². The summed E-state index contributed by atoms with van der Waals surface area (Å²) in [5.74, 6) is 2.06. The average molecular weight is 251 g/mol. The van der Waals surface area contributed by atoms with Crippen molar-refractivity contribution in [1.82, 2.24) is 9.97 Å². The van der Waals surface area contributed by atoms with E-state index in [1.807, 2.05) is 13.8 Å². The molecule has 100 valence electrons. The maximum atomic E-state index is 5.47. The number of hydrogen-bond acceptors (Lipinski definition) is 5. The molecule has 2 atom stereocenters. The molecule has 1 saturated heterocycles. The van der Waals surface area contributed by atoms with Crippen molar-refractivity contribution in [3.63, 3.8) is 0 Å².